The Morgan fingerprint density at radius 2 is 1.92 bits per heavy atom. The lowest BCUT2D eigenvalue weighted by Gasteiger charge is -2.17. The number of carbonyl (C=O) groups excluding carboxylic acids is 2. The number of Topliss-reactive ketones (excluding diaryl/α,β-unsaturated/α-hetero) is 1. The summed E-state index contributed by atoms with van der Waals surface area (Å²) < 4.78 is 1.69. The second kappa shape index (κ2) is 6.56. The molecular formula is C20H21N3O2. The largest absolute Gasteiger partial charge is 0.328 e. The van der Waals surface area contributed by atoms with Crippen molar-refractivity contribution in [3.05, 3.63) is 52.3 Å². The Bertz CT molecular complexity index is 892. The molecule has 1 fully saturated rings. The summed E-state index contributed by atoms with van der Waals surface area (Å²) >= 11 is 0. The van der Waals surface area contributed by atoms with Gasteiger partial charge in [-0.2, -0.15) is 5.10 Å². The Hall–Kier alpha value is -2.87. The summed E-state index contributed by atoms with van der Waals surface area (Å²) in [7, 11) is 1.83. The molecule has 5 heteroatoms. The van der Waals surface area contributed by atoms with Gasteiger partial charge in [-0.25, -0.2) is 0 Å². The van der Waals surface area contributed by atoms with Crippen LogP contribution in [-0.2, 0) is 23.2 Å². The highest BCUT2D eigenvalue weighted by Gasteiger charge is 2.41. The van der Waals surface area contributed by atoms with Gasteiger partial charge in [0.05, 0.1) is 18.8 Å². The molecule has 1 aliphatic heterocycles. The number of benzene rings is 1. The van der Waals surface area contributed by atoms with E-state index in [0.29, 0.717) is 6.54 Å². The maximum atomic E-state index is 12.9. The van der Waals surface area contributed by atoms with Crippen molar-refractivity contribution in [2.75, 3.05) is 6.54 Å². The van der Waals surface area contributed by atoms with Gasteiger partial charge in [-0.05, 0) is 55.7 Å². The molecule has 1 aromatic carbocycles. The molecule has 1 aromatic heterocycles. The molecule has 2 aromatic rings. The van der Waals surface area contributed by atoms with Crippen LogP contribution in [0.5, 0.6) is 0 Å². The highest BCUT2D eigenvalue weighted by Crippen LogP contribution is 2.32. The van der Waals surface area contributed by atoms with Crippen molar-refractivity contribution < 1.29 is 9.59 Å². The third-order valence-corrected chi connectivity index (χ3v) is 4.50. The third-order valence-electron chi connectivity index (χ3n) is 4.50. The fourth-order valence-electron chi connectivity index (χ4n) is 3.49. The summed E-state index contributed by atoms with van der Waals surface area (Å²) in [6.45, 7) is 6.16. The van der Waals surface area contributed by atoms with Crippen molar-refractivity contribution >= 4 is 11.7 Å². The van der Waals surface area contributed by atoms with Crippen LogP contribution in [-0.4, -0.2) is 32.9 Å². The van der Waals surface area contributed by atoms with Gasteiger partial charge in [0.1, 0.15) is 5.92 Å². The summed E-state index contributed by atoms with van der Waals surface area (Å²) in [5.74, 6) is 5.00. The van der Waals surface area contributed by atoms with E-state index in [1.165, 1.54) is 0 Å². The highest BCUT2D eigenvalue weighted by molar-refractivity contribution is 6.13. The molecule has 1 saturated heterocycles. The fourth-order valence-corrected chi connectivity index (χ4v) is 3.49. The molecule has 0 aliphatic carbocycles. The monoisotopic (exact) mass is 335 g/mol. The summed E-state index contributed by atoms with van der Waals surface area (Å²) in [5, 5.41) is 4.29. The molecule has 0 radical (unpaired) electrons. The maximum absolute atomic E-state index is 12.9. The van der Waals surface area contributed by atoms with E-state index >= 15 is 0 Å². The number of aryl methyl sites for hydroxylation is 3. The summed E-state index contributed by atoms with van der Waals surface area (Å²) in [6, 6.07) is 5.75. The SMILES string of the molecule is CC#Cc1cc(C)c(C2C(=O)CN(Cc3ccn(C)n3)C2=O)c(C)c1. The second-order valence-corrected chi connectivity index (χ2v) is 6.47. The van der Waals surface area contributed by atoms with Gasteiger partial charge in [0.25, 0.3) is 0 Å². The number of likely N-dealkylation sites (tertiary alicyclic amines) is 1. The normalized spacial score (nSPS) is 17.0. The Morgan fingerprint density at radius 3 is 2.48 bits per heavy atom. The number of ketones is 1. The fraction of sp³-hybridized carbons (Fsp3) is 0.350. The molecule has 1 aliphatic rings. The van der Waals surface area contributed by atoms with Crippen LogP contribution in [0.1, 0.15) is 40.8 Å². The van der Waals surface area contributed by atoms with E-state index in [-0.39, 0.29) is 18.2 Å². The first-order chi connectivity index (χ1) is 11.9. The van der Waals surface area contributed by atoms with E-state index in [0.717, 1.165) is 27.9 Å². The van der Waals surface area contributed by atoms with Crippen molar-refractivity contribution in [2.24, 2.45) is 7.05 Å². The molecule has 0 saturated carbocycles. The Kier molecular flexibility index (Phi) is 4.45. The van der Waals surface area contributed by atoms with E-state index in [4.69, 9.17) is 0 Å². The predicted molar refractivity (Wildman–Crippen MR) is 94.8 cm³/mol. The number of hydrogen-bond acceptors (Lipinski definition) is 3. The van der Waals surface area contributed by atoms with Crippen LogP contribution in [0.4, 0.5) is 0 Å². The van der Waals surface area contributed by atoms with Gasteiger partial charge in [-0.3, -0.25) is 14.3 Å². The third kappa shape index (κ3) is 3.20. The van der Waals surface area contributed by atoms with Gasteiger partial charge in [0, 0.05) is 18.8 Å². The van der Waals surface area contributed by atoms with Crippen LogP contribution in [0.25, 0.3) is 0 Å². The highest BCUT2D eigenvalue weighted by atomic mass is 16.2. The molecule has 3 rings (SSSR count). The van der Waals surface area contributed by atoms with Crippen LogP contribution in [0.3, 0.4) is 0 Å². The molecule has 5 nitrogen and oxygen atoms in total. The van der Waals surface area contributed by atoms with Gasteiger partial charge in [0.2, 0.25) is 5.91 Å². The number of carbonyl (C=O) groups is 2. The number of amides is 1. The summed E-state index contributed by atoms with van der Waals surface area (Å²) in [4.78, 5) is 27.1. The lowest BCUT2D eigenvalue weighted by molar-refractivity contribution is -0.130. The summed E-state index contributed by atoms with van der Waals surface area (Å²) in [6.07, 6.45) is 1.83. The minimum atomic E-state index is -0.715. The van der Waals surface area contributed by atoms with Gasteiger partial charge in [0.15, 0.2) is 5.78 Å². The van der Waals surface area contributed by atoms with E-state index in [1.54, 1.807) is 16.5 Å². The average molecular weight is 335 g/mol. The zero-order chi connectivity index (χ0) is 18.1. The molecule has 2 heterocycles. The molecule has 128 valence electrons. The van der Waals surface area contributed by atoms with Crippen LogP contribution in [0, 0.1) is 25.7 Å². The number of rotatable bonds is 3. The minimum absolute atomic E-state index is 0.0542. The molecular weight excluding hydrogens is 314 g/mol. The van der Waals surface area contributed by atoms with Gasteiger partial charge >= 0.3 is 0 Å². The van der Waals surface area contributed by atoms with Crippen molar-refractivity contribution in [1.82, 2.24) is 14.7 Å². The lowest BCUT2D eigenvalue weighted by Crippen LogP contribution is -2.27. The van der Waals surface area contributed by atoms with Crippen LogP contribution < -0.4 is 0 Å². The lowest BCUT2D eigenvalue weighted by atomic mass is 9.87. The molecule has 0 N–H and O–H groups in total. The van der Waals surface area contributed by atoms with E-state index < -0.39 is 5.92 Å². The van der Waals surface area contributed by atoms with Gasteiger partial charge in [-0.15, -0.1) is 5.92 Å². The molecule has 1 unspecified atom stereocenters. The zero-order valence-corrected chi connectivity index (χ0v) is 15.0. The van der Waals surface area contributed by atoms with Gasteiger partial charge in [-0.1, -0.05) is 5.92 Å². The zero-order valence-electron chi connectivity index (χ0n) is 15.0. The van der Waals surface area contributed by atoms with Crippen LogP contribution >= 0.6 is 0 Å². The molecule has 25 heavy (non-hydrogen) atoms. The van der Waals surface area contributed by atoms with E-state index in [2.05, 4.69) is 16.9 Å². The number of hydrogen-bond donors (Lipinski definition) is 0. The van der Waals surface area contributed by atoms with Gasteiger partial charge < -0.3 is 4.90 Å². The second-order valence-electron chi connectivity index (χ2n) is 6.47. The first-order valence-corrected chi connectivity index (χ1v) is 8.24. The smallest absolute Gasteiger partial charge is 0.238 e. The molecule has 0 bridgehead atoms. The number of nitrogens with zero attached hydrogens (tertiary/aromatic N) is 3. The predicted octanol–water partition coefficient (Wildman–Crippen LogP) is 2.10. The average Bonchev–Trinajstić information content (AvgIpc) is 3.05. The molecule has 0 spiro atoms. The Labute approximate surface area is 147 Å². The van der Waals surface area contributed by atoms with Crippen molar-refractivity contribution in [1.29, 1.82) is 0 Å². The van der Waals surface area contributed by atoms with Crippen molar-refractivity contribution in [3.63, 3.8) is 0 Å². The quantitative estimate of drug-likeness (QED) is 0.638. The minimum Gasteiger partial charge on any atom is -0.328 e. The molecule has 1 atom stereocenters. The first-order valence-electron chi connectivity index (χ1n) is 8.24. The Morgan fingerprint density at radius 1 is 1.24 bits per heavy atom. The maximum Gasteiger partial charge on any atom is 0.238 e. The first kappa shape index (κ1) is 17.0. The van der Waals surface area contributed by atoms with E-state index in [9.17, 15) is 9.59 Å². The van der Waals surface area contributed by atoms with E-state index in [1.807, 2.05) is 45.3 Å². The van der Waals surface area contributed by atoms with Crippen molar-refractivity contribution in [3.8, 4) is 11.8 Å². The number of aromatic nitrogens is 2. The van der Waals surface area contributed by atoms with Crippen LogP contribution in [0.2, 0.25) is 0 Å². The van der Waals surface area contributed by atoms with Crippen LogP contribution in [0.15, 0.2) is 24.4 Å². The Balaban J connectivity index is 1.91. The standard InChI is InChI=1S/C20H21N3O2/c1-5-6-15-9-13(2)18(14(3)10-15)19-17(24)12-23(20(19)25)11-16-7-8-22(4)21-16/h7-10,19H,11-12H2,1-4H3. The molecule has 1 amide bonds. The van der Waals surface area contributed by atoms with Crippen molar-refractivity contribution in [2.45, 2.75) is 33.2 Å². The topological polar surface area (TPSA) is 55.2 Å². The summed E-state index contributed by atoms with van der Waals surface area (Å²) in [5.41, 5.74) is 4.38.